The first-order valence-electron chi connectivity index (χ1n) is 25.2. The van der Waals surface area contributed by atoms with Gasteiger partial charge in [0.15, 0.2) is 6.04 Å². The van der Waals surface area contributed by atoms with Gasteiger partial charge in [-0.25, -0.2) is 9.36 Å². The van der Waals surface area contributed by atoms with E-state index in [-0.39, 0.29) is 12.8 Å². The van der Waals surface area contributed by atoms with Crippen LogP contribution >= 0.6 is 7.82 Å². The predicted molar refractivity (Wildman–Crippen MR) is 259 cm³/mol. The van der Waals surface area contributed by atoms with Crippen molar-refractivity contribution in [3.05, 3.63) is 48.6 Å². The van der Waals surface area contributed by atoms with Gasteiger partial charge in [0.25, 0.3) is 0 Å². The van der Waals surface area contributed by atoms with Crippen LogP contribution in [0, 0.1) is 0 Å². The second kappa shape index (κ2) is 46.0. The van der Waals surface area contributed by atoms with Crippen molar-refractivity contribution in [3.8, 4) is 0 Å². The Morgan fingerprint density at radius 2 is 0.873 bits per heavy atom. The molecule has 63 heavy (non-hydrogen) atoms. The van der Waals surface area contributed by atoms with Gasteiger partial charge in [-0.15, -0.1) is 0 Å². The Balaban J connectivity index is 3.83. The maximum Gasteiger partial charge on any atom is 0.472 e. The van der Waals surface area contributed by atoms with Crippen LogP contribution in [-0.4, -0.2) is 64.9 Å². The maximum atomic E-state index is 12.3. The van der Waals surface area contributed by atoms with Crippen LogP contribution in [0.15, 0.2) is 48.6 Å². The molecule has 3 atom stereocenters. The lowest BCUT2D eigenvalue weighted by molar-refractivity contribution is -0.147. The predicted octanol–water partition coefficient (Wildman–Crippen LogP) is 13.7. The van der Waals surface area contributed by atoms with E-state index in [4.69, 9.17) is 13.8 Å². The largest absolute Gasteiger partial charge is 0.480 e. The van der Waals surface area contributed by atoms with E-state index in [1.807, 2.05) is 0 Å². The Bertz CT molecular complexity index is 1250. The molecule has 0 aliphatic heterocycles. The normalized spacial score (nSPS) is 14.0. The molecule has 0 radical (unpaired) electrons. The Hall–Kier alpha value is -2.56. The summed E-state index contributed by atoms with van der Waals surface area (Å²) >= 11 is 0. The van der Waals surface area contributed by atoms with Gasteiger partial charge in [0, 0.05) is 12.8 Å². The molecular formula is C51H92NO10P. The number of amides is 1. The SMILES string of the molecule is CCCCC/C=C\C/C=C\C/C=C\CCCCCCCCCCCCC(=O)OCC(O)COP(=O)(O)OCC(NC(=O)CCCCCCC/C=C\CCCCCCCCC)C(=O)O. The smallest absolute Gasteiger partial charge is 0.472 e. The molecule has 0 bridgehead atoms. The first-order valence-corrected chi connectivity index (χ1v) is 26.7. The average molecular weight is 910 g/mol. The molecule has 0 fully saturated rings. The molecule has 0 aliphatic carbocycles. The van der Waals surface area contributed by atoms with Crippen LogP contribution in [0.4, 0.5) is 0 Å². The van der Waals surface area contributed by atoms with E-state index in [2.05, 4.69) is 67.8 Å². The summed E-state index contributed by atoms with van der Waals surface area (Å²) < 4.78 is 26.9. The number of phosphoric ester groups is 1. The van der Waals surface area contributed by atoms with Gasteiger partial charge in [-0.3, -0.25) is 18.6 Å². The van der Waals surface area contributed by atoms with E-state index in [9.17, 15) is 34.1 Å². The van der Waals surface area contributed by atoms with E-state index in [0.717, 1.165) is 77.0 Å². The molecule has 0 aliphatic rings. The maximum absolute atomic E-state index is 12.3. The quantitative estimate of drug-likeness (QED) is 0.0200. The monoisotopic (exact) mass is 910 g/mol. The van der Waals surface area contributed by atoms with Crippen LogP contribution in [0.3, 0.4) is 0 Å². The van der Waals surface area contributed by atoms with Gasteiger partial charge in [0.2, 0.25) is 5.91 Å². The van der Waals surface area contributed by atoms with Crippen LogP contribution in [0.25, 0.3) is 0 Å². The third kappa shape index (κ3) is 45.8. The molecule has 0 saturated carbocycles. The van der Waals surface area contributed by atoms with E-state index in [1.54, 1.807) is 0 Å². The average Bonchev–Trinajstić information content (AvgIpc) is 3.26. The van der Waals surface area contributed by atoms with Gasteiger partial charge in [-0.1, -0.05) is 184 Å². The fraction of sp³-hybridized carbons (Fsp3) is 0.784. The first-order chi connectivity index (χ1) is 30.6. The molecule has 11 nitrogen and oxygen atoms in total. The van der Waals surface area contributed by atoms with Crippen LogP contribution in [-0.2, 0) is 32.7 Å². The minimum atomic E-state index is -4.76. The standard InChI is InChI=1S/C51H92NO10P/c1-3-5-7-9-11-13-15-17-19-21-22-23-24-25-26-27-29-31-33-35-37-39-41-43-50(55)60-44-47(53)45-61-63(58,59)62-46-48(51(56)57)52-49(54)42-40-38-36-34-32-30-28-20-18-16-14-12-10-8-6-4-2/h11,13,17,19-20,22-23,28,47-48,53H,3-10,12,14-16,18,21,24-27,29-46H2,1-2H3,(H,52,54)(H,56,57)(H,58,59)/b13-11-,19-17-,23-22-,28-20-. The van der Waals surface area contributed by atoms with E-state index < -0.39 is 57.6 Å². The van der Waals surface area contributed by atoms with Gasteiger partial charge in [0.05, 0.1) is 13.2 Å². The minimum absolute atomic E-state index is 0.135. The van der Waals surface area contributed by atoms with Gasteiger partial charge in [-0.2, -0.15) is 0 Å². The number of aliphatic carboxylic acids is 1. The molecule has 0 heterocycles. The topological polar surface area (TPSA) is 169 Å². The van der Waals surface area contributed by atoms with Crippen molar-refractivity contribution < 1.29 is 47.8 Å². The summed E-state index contributed by atoms with van der Waals surface area (Å²) in [7, 11) is -4.76. The number of ether oxygens (including phenoxy) is 1. The number of carbonyl (C=O) groups excluding carboxylic acids is 2. The zero-order valence-electron chi connectivity index (χ0n) is 39.9. The number of carboxylic acid groups (broad SMARTS) is 1. The molecule has 0 saturated heterocycles. The van der Waals surface area contributed by atoms with Crippen LogP contribution in [0.5, 0.6) is 0 Å². The van der Waals surface area contributed by atoms with Crippen molar-refractivity contribution in [1.82, 2.24) is 5.32 Å². The Kier molecular flexibility index (Phi) is 44.1. The number of unbranched alkanes of at least 4 members (excludes halogenated alkanes) is 25. The molecule has 4 N–H and O–H groups in total. The molecule has 0 aromatic carbocycles. The number of hydrogen-bond donors (Lipinski definition) is 4. The highest BCUT2D eigenvalue weighted by molar-refractivity contribution is 7.47. The molecule has 0 aromatic heterocycles. The highest BCUT2D eigenvalue weighted by atomic mass is 31.2. The molecule has 1 amide bonds. The number of esters is 1. The summed E-state index contributed by atoms with van der Waals surface area (Å²) in [5.74, 6) is -2.38. The molecule has 0 spiro atoms. The number of carboxylic acids is 1. The van der Waals surface area contributed by atoms with Gasteiger partial charge in [-0.05, 0) is 77.0 Å². The Morgan fingerprint density at radius 1 is 0.508 bits per heavy atom. The van der Waals surface area contributed by atoms with E-state index >= 15 is 0 Å². The highest BCUT2D eigenvalue weighted by Crippen LogP contribution is 2.43. The number of phosphoric acid groups is 1. The van der Waals surface area contributed by atoms with Crippen molar-refractivity contribution in [2.45, 2.75) is 238 Å². The number of allylic oxidation sites excluding steroid dienone is 8. The molecule has 0 rings (SSSR count). The van der Waals surface area contributed by atoms with Crippen LogP contribution in [0.1, 0.15) is 226 Å². The van der Waals surface area contributed by atoms with Crippen molar-refractivity contribution >= 4 is 25.7 Å². The van der Waals surface area contributed by atoms with E-state index in [1.165, 1.54) is 109 Å². The zero-order chi connectivity index (χ0) is 46.3. The molecule has 12 heteroatoms. The van der Waals surface area contributed by atoms with Crippen molar-refractivity contribution in [2.75, 3.05) is 19.8 Å². The minimum Gasteiger partial charge on any atom is -0.480 e. The molecule has 0 aromatic rings. The zero-order valence-corrected chi connectivity index (χ0v) is 40.8. The number of carbonyl (C=O) groups is 3. The van der Waals surface area contributed by atoms with Crippen molar-refractivity contribution in [3.63, 3.8) is 0 Å². The summed E-state index contributed by atoms with van der Waals surface area (Å²) in [5.41, 5.74) is 0. The second-order valence-electron chi connectivity index (χ2n) is 17.0. The first kappa shape index (κ1) is 60.4. The number of hydrogen-bond acceptors (Lipinski definition) is 8. The summed E-state index contributed by atoms with van der Waals surface area (Å²) in [4.78, 5) is 46.1. The fourth-order valence-corrected chi connectivity index (χ4v) is 7.68. The summed E-state index contributed by atoms with van der Waals surface area (Å²) in [6, 6.07) is -1.55. The van der Waals surface area contributed by atoms with Gasteiger partial charge in [0.1, 0.15) is 12.7 Å². The summed E-state index contributed by atoms with van der Waals surface area (Å²) in [6.07, 6.45) is 52.7. The fourth-order valence-electron chi connectivity index (χ4n) is 6.91. The van der Waals surface area contributed by atoms with Crippen LogP contribution in [0.2, 0.25) is 0 Å². The summed E-state index contributed by atoms with van der Waals surface area (Å²) in [6.45, 7) is 2.57. The van der Waals surface area contributed by atoms with Crippen LogP contribution < -0.4 is 5.32 Å². The van der Waals surface area contributed by atoms with Crippen molar-refractivity contribution in [1.29, 1.82) is 0 Å². The third-order valence-corrected chi connectivity index (χ3v) is 11.8. The molecule has 3 unspecified atom stereocenters. The lowest BCUT2D eigenvalue weighted by Gasteiger charge is -2.18. The Labute approximate surface area is 384 Å². The molecular weight excluding hydrogens is 818 g/mol. The van der Waals surface area contributed by atoms with Gasteiger partial charge >= 0.3 is 19.8 Å². The highest BCUT2D eigenvalue weighted by Gasteiger charge is 2.28. The van der Waals surface area contributed by atoms with Gasteiger partial charge < -0.3 is 25.2 Å². The van der Waals surface area contributed by atoms with Crippen molar-refractivity contribution in [2.24, 2.45) is 0 Å². The number of rotatable bonds is 47. The second-order valence-corrected chi connectivity index (χ2v) is 18.5. The number of nitrogens with one attached hydrogen (secondary N) is 1. The lowest BCUT2D eigenvalue weighted by atomic mass is 10.1. The number of aliphatic hydroxyl groups excluding tert-OH is 1. The third-order valence-electron chi connectivity index (χ3n) is 10.8. The summed E-state index contributed by atoms with van der Waals surface area (Å²) in [5, 5.41) is 21.9. The number of aliphatic hydroxyl groups is 1. The van der Waals surface area contributed by atoms with E-state index in [0.29, 0.717) is 12.8 Å². The lowest BCUT2D eigenvalue weighted by Crippen LogP contribution is -2.43. The molecule has 366 valence electrons. The Morgan fingerprint density at radius 3 is 1.35 bits per heavy atom.